The van der Waals surface area contributed by atoms with E-state index in [1.807, 2.05) is 29.2 Å². The zero-order valence-electron chi connectivity index (χ0n) is 15.7. The highest BCUT2D eigenvalue weighted by Crippen LogP contribution is 2.39. The molecule has 0 bridgehead atoms. The van der Waals surface area contributed by atoms with Gasteiger partial charge in [-0.2, -0.15) is 4.99 Å². The van der Waals surface area contributed by atoms with E-state index in [4.69, 9.17) is 11.5 Å². The van der Waals surface area contributed by atoms with Gasteiger partial charge in [-0.15, -0.1) is 0 Å². The number of aliphatic imine (C=N–C) groups is 2. The van der Waals surface area contributed by atoms with Crippen molar-refractivity contribution >= 4 is 29.2 Å². The molecule has 0 unspecified atom stereocenters. The monoisotopic (exact) mass is 368 g/mol. The first-order chi connectivity index (χ1) is 13.1. The van der Waals surface area contributed by atoms with Crippen LogP contribution in [0.25, 0.3) is 0 Å². The average Bonchev–Trinajstić information content (AvgIpc) is 3.18. The minimum Gasteiger partial charge on any atom is -0.369 e. The highest BCUT2D eigenvalue weighted by molar-refractivity contribution is 6.05. The SMILES string of the molecule is NC1=NC2(CCCCC2)N(c2ccc(NC(=O)C3CCCC3)cc2)C(N)=N1. The van der Waals surface area contributed by atoms with Crippen molar-refractivity contribution in [3.05, 3.63) is 24.3 Å². The molecular weight excluding hydrogens is 340 g/mol. The van der Waals surface area contributed by atoms with Crippen LogP contribution in [0.1, 0.15) is 57.8 Å². The second-order valence-electron chi connectivity index (χ2n) is 7.84. The fourth-order valence-corrected chi connectivity index (χ4v) is 4.62. The van der Waals surface area contributed by atoms with Gasteiger partial charge in [-0.05, 0) is 62.8 Å². The number of carbonyl (C=O) groups is 1. The molecule has 1 spiro atoms. The van der Waals surface area contributed by atoms with Crippen molar-refractivity contribution in [2.24, 2.45) is 27.4 Å². The smallest absolute Gasteiger partial charge is 0.227 e. The molecule has 0 radical (unpaired) electrons. The fraction of sp³-hybridized carbons (Fsp3) is 0.550. The number of hydrogen-bond acceptors (Lipinski definition) is 6. The number of rotatable bonds is 3. The van der Waals surface area contributed by atoms with E-state index in [1.54, 1.807) is 0 Å². The van der Waals surface area contributed by atoms with Crippen LogP contribution in [0.4, 0.5) is 11.4 Å². The number of nitrogens with zero attached hydrogens (tertiary/aromatic N) is 3. The van der Waals surface area contributed by atoms with E-state index < -0.39 is 5.66 Å². The molecule has 27 heavy (non-hydrogen) atoms. The van der Waals surface area contributed by atoms with Gasteiger partial charge in [0.25, 0.3) is 0 Å². The maximum absolute atomic E-state index is 12.3. The Morgan fingerprint density at radius 2 is 1.70 bits per heavy atom. The number of nitrogens with one attached hydrogen (secondary N) is 1. The number of carbonyl (C=O) groups excluding carboxylic acids is 1. The van der Waals surface area contributed by atoms with Crippen molar-refractivity contribution in [2.45, 2.75) is 63.5 Å². The summed E-state index contributed by atoms with van der Waals surface area (Å²) >= 11 is 0. The van der Waals surface area contributed by atoms with E-state index in [0.29, 0.717) is 5.96 Å². The summed E-state index contributed by atoms with van der Waals surface area (Å²) in [5, 5.41) is 3.04. The standard InChI is InChI=1S/C20H28N6O/c21-18-24-19(22)26(20(25-18)12-4-1-5-13-20)16-10-8-15(9-11-16)23-17(27)14-6-2-3-7-14/h8-11,14H,1-7,12-13H2,(H,23,27)(H4,21,22,24,25). The first-order valence-electron chi connectivity index (χ1n) is 9.98. The van der Waals surface area contributed by atoms with Crippen LogP contribution in [-0.4, -0.2) is 23.5 Å². The van der Waals surface area contributed by atoms with Crippen LogP contribution in [0.5, 0.6) is 0 Å². The molecule has 2 aliphatic carbocycles. The molecule has 0 atom stereocenters. The average molecular weight is 368 g/mol. The predicted octanol–water partition coefficient (Wildman–Crippen LogP) is 2.93. The Morgan fingerprint density at radius 1 is 1.04 bits per heavy atom. The minimum absolute atomic E-state index is 0.125. The molecule has 144 valence electrons. The van der Waals surface area contributed by atoms with Gasteiger partial charge in [-0.25, -0.2) is 4.99 Å². The molecular formula is C20H28N6O. The van der Waals surface area contributed by atoms with Gasteiger partial charge < -0.3 is 16.8 Å². The fourth-order valence-electron chi connectivity index (χ4n) is 4.62. The summed E-state index contributed by atoms with van der Waals surface area (Å²) in [6.07, 6.45) is 9.49. The summed E-state index contributed by atoms with van der Waals surface area (Å²) in [7, 11) is 0. The third-order valence-corrected chi connectivity index (χ3v) is 5.97. The van der Waals surface area contributed by atoms with E-state index >= 15 is 0 Å². The van der Waals surface area contributed by atoms with E-state index in [9.17, 15) is 4.79 Å². The molecule has 3 aliphatic rings. The molecule has 5 N–H and O–H groups in total. The van der Waals surface area contributed by atoms with Crippen molar-refractivity contribution in [3.8, 4) is 0 Å². The van der Waals surface area contributed by atoms with Gasteiger partial charge in [0.1, 0.15) is 5.66 Å². The van der Waals surface area contributed by atoms with Crippen LogP contribution in [0, 0.1) is 5.92 Å². The summed E-state index contributed by atoms with van der Waals surface area (Å²) in [6, 6.07) is 7.79. The van der Waals surface area contributed by atoms with Gasteiger partial charge in [0.2, 0.25) is 17.8 Å². The van der Waals surface area contributed by atoms with Crippen molar-refractivity contribution in [1.82, 2.24) is 0 Å². The largest absolute Gasteiger partial charge is 0.369 e. The topological polar surface area (TPSA) is 109 Å². The molecule has 1 heterocycles. The predicted molar refractivity (Wildman–Crippen MR) is 109 cm³/mol. The molecule has 1 aliphatic heterocycles. The normalized spacial score (nSPS) is 22.4. The zero-order chi connectivity index (χ0) is 18.9. The Hall–Kier alpha value is -2.57. The number of guanidine groups is 2. The lowest BCUT2D eigenvalue weighted by Crippen LogP contribution is -2.58. The first-order valence-corrected chi connectivity index (χ1v) is 9.98. The van der Waals surface area contributed by atoms with E-state index in [2.05, 4.69) is 15.3 Å². The quantitative estimate of drug-likeness (QED) is 0.762. The Balaban J connectivity index is 1.55. The van der Waals surface area contributed by atoms with Crippen LogP contribution in [-0.2, 0) is 4.79 Å². The van der Waals surface area contributed by atoms with Crippen LogP contribution >= 0.6 is 0 Å². The molecule has 4 rings (SSSR count). The van der Waals surface area contributed by atoms with Crippen molar-refractivity contribution in [2.75, 3.05) is 10.2 Å². The van der Waals surface area contributed by atoms with E-state index in [-0.39, 0.29) is 17.8 Å². The lowest BCUT2D eigenvalue weighted by atomic mass is 9.87. The summed E-state index contributed by atoms with van der Waals surface area (Å²) in [5.74, 6) is 0.913. The number of nitrogens with two attached hydrogens (primary N) is 2. The molecule has 0 aromatic heterocycles. The van der Waals surface area contributed by atoms with Gasteiger partial charge in [0, 0.05) is 17.3 Å². The molecule has 7 nitrogen and oxygen atoms in total. The second-order valence-corrected chi connectivity index (χ2v) is 7.84. The molecule has 1 aromatic carbocycles. The molecule has 1 aromatic rings. The van der Waals surface area contributed by atoms with Gasteiger partial charge >= 0.3 is 0 Å². The Labute approximate surface area is 159 Å². The molecule has 0 saturated heterocycles. The molecule has 1 amide bonds. The van der Waals surface area contributed by atoms with Crippen LogP contribution in [0.15, 0.2) is 34.3 Å². The summed E-state index contributed by atoms with van der Waals surface area (Å²) in [4.78, 5) is 23.2. The maximum atomic E-state index is 12.3. The lowest BCUT2D eigenvalue weighted by molar-refractivity contribution is -0.119. The number of amides is 1. The zero-order valence-corrected chi connectivity index (χ0v) is 15.7. The third-order valence-electron chi connectivity index (χ3n) is 5.97. The molecule has 7 heteroatoms. The first kappa shape index (κ1) is 17.8. The summed E-state index contributed by atoms with van der Waals surface area (Å²) in [5.41, 5.74) is 13.5. The van der Waals surface area contributed by atoms with E-state index in [1.165, 1.54) is 6.42 Å². The van der Waals surface area contributed by atoms with Crippen molar-refractivity contribution < 1.29 is 4.79 Å². The number of hydrogen-bond donors (Lipinski definition) is 3. The highest BCUT2D eigenvalue weighted by Gasteiger charge is 2.42. The van der Waals surface area contributed by atoms with Crippen LogP contribution in [0.2, 0.25) is 0 Å². The number of anilines is 2. The van der Waals surface area contributed by atoms with Gasteiger partial charge in [0.15, 0.2) is 0 Å². The van der Waals surface area contributed by atoms with Gasteiger partial charge in [-0.3, -0.25) is 9.69 Å². The molecule has 2 fully saturated rings. The summed E-state index contributed by atoms with van der Waals surface area (Å²) < 4.78 is 0. The highest BCUT2D eigenvalue weighted by atomic mass is 16.1. The van der Waals surface area contributed by atoms with Crippen molar-refractivity contribution in [1.29, 1.82) is 0 Å². The lowest BCUT2D eigenvalue weighted by Gasteiger charge is -2.45. The molecule has 2 saturated carbocycles. The van der Waals surface area contributed by atoms with Gasteiger partial charge in [0.05, 0.1) is 0 Å². The Morgan fingerprint density at radius 3 is 2.37 bits per heavy atom. The Kier molecular flexibility index (Phi) is 4.76. The third kappa shape index (κ3) is 3.50. The maximum Gasteiger partial charge on any atom is 0.227 e. The second kappa shape index (κ2) is 7.21. The van der Waals surface area contributed by atoms with Crippen LogP contribution < -0.4 is 21.7 Å². The van der Waals surface area contributed by atoms with Gasteiger partial charge in [-0.1, -0.05) is 19.3 Å². The van der Waals surface area contributed by atoms with Crippen LogP contribution in [0.3, 0.4) is 0 Å². The Bertz CT molecular complexity index is 757. The minimum atomic E-state index is -0.442. The summed E-state index contributed by atoms with van der Waals surface area (Å²) in [6.45, 7) is 0. The van der Waals surface area contributed by atoms with Crippen molar-refractivity contribution in [3.63, 3.8) is 0 Å². The number of benzene rings is 1. The van der Waals surface area contributed by atoms with E-state index in [0.717, 1.165) is 62.7 Å².